The standard InChI is InChI=1S/C10H10ClNO2/c1-14-10(13)3-2-7-4-8(11)6-9(12)5-7/h2-6H,12H2,1H3/b3-2+. The Morgan fingerprint density at radius 3 is 2.79 bits per heavy atom. The summed E-state index contributed by atoms with van der Waals surface area (Å²) in [7, 11) is 1.32. The molecule has 2 N–H and O–H groups in total. The smallest absolute Gasteiger partial charge is 0.330 e. The fourth-order valence-corrected chi connectivity index (χ4v) is 1.22. The molecular formula is C10H10ClNO2. The van der Waals surface area contributed by atoms with Crippen molar-refractivity contribution in [1.29, 1.82) is 0 Å². The Labute approximate surface area is 87.1 Å². The second-order valence-electron chi connectivity index (χ2n) is 2.67. The summed E-state index contributed by atoms with van der Waals surface area (Å²) >= 11 is 5.77. The van der Waals surface area contributed by atoms with E-state index in [1.807, 2.05) is 0 Å². The fraction of sp³-hybridized carbons (Fsp3) is 0.100. The van der Waals surface area contributed by atoms with E-state index in [0.29, 0.717) is 10.7 Å². The van der Waals surface area contributed by atoms with Gasteiger partial charge in [-0.25, -0.2) is 4.79 Å². The molecule has 0 aromatic heterocycles. The number of carbonyl (C=O) groups is 1. The SMILES string of the molecule is COC(=O)/C=C/c1cc(N)cc(Cl)c1. The van der Waals surface area contributed by atoms with Gasteiger partial charge in [0.1, 0.15) is 0 Å². The molecule has 14 heavy (non-hydrogen) atoms. The average molecular weight is 212 g/mol. The Morgan fingerprint density at radius 1 is 1.50 bits per heavy atom. The van der Waals surface area contributed by atoms with Crippen LogP contribution in [0.5, 0.6) is 0 Å². The molecule has 0 aliphatic carbocycles. The van der Waals surface area contributed by atoms with Crippen molar-refractivity contribution in [2.45, 2.75) is 0 Å². The van der Waals surface area contributed by atoms with Gasteiger partial charge in [0.25, 0.3) is 0 Å². The molecule has 3 nitrogen and oxygen atoms in total. The number of nitrogen functional groups attached to an aromatic ring is 1. The van der Waals surface area contributed by atoms with Gasteiger partial charge in [0.05, 0.1) is 7.11 Å². The predicted molar refractivity (Wildman–Crippen MR) is 56.9 cm³/mol. The third-order valence-electron chi connectivity index (χ3n) is 1.56. The molecule has 0 bridgehead atoms. The van der Waals surface area contributed by atoms with Crippen LogP contribution in [0.1, 0.15) is 5.56 Å². The van der Waals surface area contributed by atoms with Gasteiger partial charge in [-0.3, -0.25) is 0 Å². The zero-order valence-corrected chi connectivity index (χ0v) is 8.41. The van der Waals surface area contributed by atoms with Crippen LogP contribution in [-0.4, -0.2) is 13.1 Å². The molecule has 0 atom stereocenters. The van der Waals surface area contributed by atoms with Crippen molar-refractivity contribution in [3.8, 4) is 0 Å². The maximum Gasteiger partial charge on any atom is 0.330 e. The molecule has 0 radical (unpaired) electrons. The summed E-state index contributed by atoms with van der Waals surface area (Å²) in [6.07, 6.45) is 2.90. The minimum Gasteiger partial charge on any atom is -0.466 e. The number of nitrogens with two attached hydrogens (primary N) is 1. The Hall–Kier alpha value is -1.48. The third-order valence-corrected chi connectivity index (χ3v) is 1.77. The van der Waals surface area contributed by atoms with E-state index >= 15 is 0 Å². The maximum absolute atomic E-state index is 10.8. The molecule has 4 heteroatoms. The van der Waals surface area contributed by atoms with E-state index in [1.54, 1.807) is 24.3 Å². The molecule has 1 aromatic carbocycles. The third kappa shape index (κ3) is 3.11. The van der Waals surface area contributed by atoms with E-state index in [0.717, 1.165) is 5.56 Å². The summed E-state index contributed by atoms with van der Waals surface area (Å²) in [5.74, 6) is -0.413. The summed E-state index contributed by atoms with van der Waals surface area (Å²) in [4.78, 5) is 10.8. The highest BCUT2D eigenvalue weighted by Gasteiger charge is 1.95. The average Bonchev–Trinajstić information content (AvgIpc) is 2.12. The highest BCUT2D eigenvalue weighted by molar-refractivity contribution is 6.31. The summed E-state index contributed by atoms with van der Waals surface area (Å²) in [6.45, 7) is 0. The topological polar surface area (TPSA) is 52.3 Å². The number of carbonyl (C=O) groups excluding carboxylic acids is 1. The van der Waals surface area contributed by atoms with E-state index < -0.39 is 5.97 Å². The van der Waals surface area contributed by atoms with Crippen LogP contribution in [0, 0.1) is 0 Å². The monoisotopic (exact) mass is 211 g/mol. The summed E-state index contributed by atoms with van der Waals surface area (Å²) in [6, 6.07) is 5.06. The molecule has 0 unspecified atom stereocenters. The van der Waals surface area contributed by atoms with Crippen molar-refractivity contribution in [3.63, 3.8) is 0 Å². The first kappa shape index (κ1) is 10.6. The van der Waals surface area contributed by atoms with Crippen LogP contribution in [0.3, 0.4) is 0 Å². The van der Waals surface area contributed by atoms with E-state index in [9.17, 15) is 4.79 Å². The first-order valence-electron chi connectivity index (χ1n) is 3.94. The van der Waals surface area contributed by atoms with Crippen LogP contribution >= 0.6 is 11.6 Å². The molecule has 0 aliphatic heterocycles. The van der Waals surface area contributed by atoms with Crippen LogP contribution in [0.4, 0.5) is 5.69 Å². The minimum atomic E-state index is -0.413. The number of benzene rings is 1. The number of ether oxygens (including phenoxy) is 1. The largest absolute Gasteiger partial charge is 0.466 e. The lowest BCUT2D eigenvalue weighted by molar-refractivity contribution is -0.134. The van der Waals surface area contributed by atoms with Gasteiger partial charge >= 0.3 is 5.97 Å². The molecule has 0 saturated heterocycles. The number of esters is 1. The van der Waals surface area contributed by atoms with Gasteiger partial charge in [-0.05, 0) is 29.8 Å². The lowest BCUT2D eigenvalue weighted by atomic mass is 10.2. The molecule has 0 amide bonds. The molecule has 0 spiro atoms. The Balaban J connectivity index is 2.86. The fourth-order valence-electron chi connectivity index (χ4n) is 0.964. The normalized spacial score (nSPS) is 10.4. The van der Waals surface area contributed by atoms with Gasteiger partial charge < -0.3 is 10.5 Å². The molecular weight excluding hydrogens is 202 g/mol. The highest BCUT2D eigenvalue weighted by atomic mass is 35.5. The number of hydrogen-bond donors (Lipinski definition) is 1. The van der Waals surface area contributed by atoms with Crippen LogP contribution in [0.25, 0.3) is 6.08 Å². The summed E-state index contributed by atoms with van der Waals surface area (Å²) in [5, 5.41) is 0.537. The minimum absolute atomic E-state index is 0.413. The number of methoxy groups -OCH3 is 1. The van der Waals surface area contributed by atoms with Crippen LogP contribution in [0.15, 0.2) is 24.3 Å². The lowest BCUT2D eigenvalue weighted by Crippen LogP contribution is -1.93. The summed E-state index contributed by atoms with van der Waals surface area (Å²) < 4.78 is 4.44. The van der Waals surface area contributed by atoms with Crippen molar-refractivity contribution in [1.82, 2.24) is 0 Å². The van der Waals surface area contributed by atoms with Gasteiger partial charge in [0.2, 0.25) is 0 Å². The molecule has 74 valence electrons. The molecule has 0 aliphatic rings. The van der Waals surface area contributed by atoms with Crippen molar-refractivity contribution in [2.75, 3.05) is 12.8 Å². The number of halogens is 1. The molecule has 0 heterocycles. The molecule has 0 fully saturated rings. The predicted octanol–water partition coefficient (Wildman–Crippen LogP) is 2.11. The second-order valence-corrected chi connectivity index (χ2v) is 3.11. The van der Waals surface area contributed by atoms with Crippen molar-refractivity contribution < 1.29 is 9.53 Å². The highest BCUT2D eigenvalue weighted by Crippen LogP contribution is 2.17. The zero-order valence-electron chi connectivity index (χ0n) is 7.66. The van der Waals surface area contributed by atoms with Gasteiger partial charge in [-0.1, -0.05) is 11.6 Å². The second kappa shape index (κ2) is 4.67. The lowest BCUT2D eigenvalue weighted by Gasteiger charge is -1.98. The molecule has 1 aromatic rings. The number of rotatable bonds is 2. The zero-order chi connectivity index (χ0) is 10.6. The van der Waals surface area contributed by atoms with E-state index in [4.69, 9.17) is 17.3 Å². The van der Waals surface area contributed by atoms with Crippen molar-refractivity contribution in [3.05, 3.63) is 34.9 Å². The quantitative estimate of drug-likeness (QED) is 0.463. The van der Waals surface area contributed by atoms with E-state index in [1.165, 1.54) is 13.2 Å². The Kier molecular flexibility index (Phi) is 3.54. The van der Waals surface area contributed by atoms with Crippen molar-refractivity contribution in [2.24, 2.45) is 0 Å². The van der Waals surface area contributed by atoms with Gasteiger partial charge in [-0.2, -0.15) is 0 Å². The Bertz CT molecular complexity index is 354. The van der Waals surface area contributed by atoms with Crippen LogP contribution in [-0.2, 0) is 9.53 Å². The van der Waals surface area contributed by atoms with E-state index in [-0.39, 0.29) is 0 Å². The van der Waals surface area contributed by atoms with Gasteiger partial charge in [0.15, 0.2) is 0 Å². The van der Waals surface area contributed by atoms with Crippen molar-refractivity contribution >= 4 is 29.3 Å². The van der Waals surface area contributed by atoms with E-state index in [2.05, 4.69) is 4.74 Å². The first-order valence-corrected chi connectivity index (χ1v) is 4.31. The number of anilines is 1. The summed E-state index contributed by atoms with van der Waals surface area (Å²) in [5.41, 5.74) is 6.89. The Morgan fingerprint density at radius 2 is 2.21 bits per heavy atom. The van der Waals surface area contributed by atoms with Gasteiger partial charge in [0, 0.05) is 16.8 Å². The van der Waals surface area contributed by atoms with Crippen LogP contribution in [0.2, 0.25) is 5.02 Å². The van der Waals surface area contributed by atoms with Gasteiger partial charge in [-0.15, -0.1) is 0 Å². The molecule has 0 saturated carbocycles. The number of hydrogen-bond acceptors (Lipinski definition) is 3. The molecule has 1 rings (SSSR count). The van der Waals surface area contributed by atoms with Crippen LogP contribution < -0.4 is 5.73 Å². The first-order chi connectivity index (χ1) is 6.61. The maximum atomic E-state index is 10.8.